The Hall–Kier alpha value is -1.06. The summed E-state index contributed by atoms with van der Waals surface area (Å²) in [5, 5.41) is 11.0. The quantitative estimate of drug-likeness (QED) is 0.458. The minimum atomic E-state index is -0.866. The maximum absolute atomic E-state index is 13.9. The van der Waals surface area contributed by atoms with E-state index in [4.69, 9.17) is 9.47 Å². The molecule has 0 bridgehead atoms. The molecule has 1 aromatic rings. The van der Waals surface area contributed by atoms with Crippen LogP contribution in [0.15, 0.2) is 12.4 Å². The van der Waals surface area contributed by atoms with E-state index in [-0.39, 0.29) is 18.2 Å². The van der Waals surface area contributed by atoms with E-state index in [0.29, 0.717) is 42.3 Å². The van der Waals surface area contributed by atoms with Gasteiger partial charge < -0.3 is 24.7 Å². The van der Waals surface area contributed by atoms with Crippen molar-refractivity contribution in [2.75, 3.05) is 20.8 Å². The zero-order valence-corrected chi connectivity index (χ0v) is 22.4. The van der Waals surface area contributed by atoms with Crippen LogP contribution < -0.4 is 16.0 Å². The fraction of sp³-hybridized carbons (Fsp3) is 0.889. The number of ether oxygens (including phenoxy) is 2. The zero-order chi connectivity index (χ0) is 24.9. The number of hydrogen-bond donors (Lipinski definition) is 3. The Morgan fingerprint density at radius 3 is 2.49 bits per heavy atom. The number of halogens is 1. The highest BCUT2D eigenvalue weighted by atomic mass is 19.1. The van der Waals surface area contributed by atoms with Crippen LogP contribution in [-0.4, -0.2) is 73.0 Å². The molecule has 0 aromatic carbocycles. The molecule has 2 aliphatic heterocycles. The summed E-state index contributed by atoms with van der Waals surface area (Å²) in [6.45, 7) is 8.50. The van der Waals surface area contributed by atoms with Crippen molar-refractivity contribution in [1.82, 2.24) is 25.5 Å². The van der Waals surface area contributed by atoms with Gasteiger partial charge in [-0.2, -0.15) is 0 Å². The first-order valence-electron chi connectivity index (χ1n) is 13.8. The van der Waals surface area contributed by atoms with Crippen molar-refractivity contribution in [2.24, 2.45) is 17.8 Å². The lowest BCUT2D eigenvalue weighted by Gasteiger charge is -2.45. The highest BCUT2D eigenvalue weighted by molar-refractivity contribution is 4.97. The second-order valence-electron chi connectivity index (χ2n) is 11.5. The molecular formula is C27H48FN5O2. The molecular weight excluding hydrogens is 445 g/mol. The zero-order valence-electron chi connectivity index (χ0n) is 22.4. The van der Waals surface area contributed by atoms with E-state index in [1.807, 2.05) is 20.4 Å². The van der Waals surface area contributed by atoms with Gasteiger partial charge in [-0.25, -0.2) is 9.37 Å². The molecule has 0 radical (unpaired) electrons. The SMILES string of the molecule is COC1CC(OC)CC(C(C)NCC2CC(Cn3ccnc3C)CC(C3CCC(F)NC3C)N2)C1. The summed E-state index contributed by atoms with van der Waals surface area (Å²) in [6, 6.07) is 1.40. The number of imidazole rings is 1. The number of nitrogens with zero attached hydrogens (tertiary/aromatic N) is 2. The third kappa shape index (κ3) is 7.04. The second-order valence-corrected chi connectivity index (χ2v) is 11.5. The lowest BCUT2D eigenvalue weighted by molar-refractivity contribution is -0.0353. The lowest BCUT2D eigenvalue weighted by atomic mass is 9.76. The van der Waals surface area contributed by atoms with E-state index in [0.717, 1.165) is 57.4 Å². The van der Waals surface area contributed by atoms with E-state index in [1.54, 1.807) is 0 Å². The Bertz CT molecular complexity index is 767. The third-order valence-corrected chi connectivity index (χ3v) is 9.11. The van der Waals surface area contributed by atoms with Gasteiger partial charge in [0.25, 0.3) is 0 Å². The molecule has 2 saturated heterocycles. The monoisotopic (exact) mass is 493 g/mol. The molecule has 3 heterocycles. The van der Waals surface area contributed by atoms with Crippen molar-refractivity contribution in [2.45, 2.75) is 115 Å². The lowest BCUT2D eigenvalue weighted by Crippen LogP contribution is -2.59. The number of methoxy groups -OCH3 is 2. The molecule has 7 nitrogen and oxygen atoms in total. The number of piperidine rings is 2. The molecule has 200 valence electrons. The summed E-state index contributed by atoms with van der Waals surface area (Å²) >= 11 is 0. The van der Waals surface area contributed by atoms with Crippen LogP contribution in [-0.2, 0) is 16.0 Å². The van der Waals surface area contributed by atoms with Crippen LogP contribution >= 0.6 is 0 Å². The van der Waals surface area contributed by atoms with E-state index in [2.05, 4.69) is 52.5 Å². The minimum Gasteiger partial charge on any atom is -0.381 e. The molecule has 3 N–H and O–H groups in total. The Morgan fingerprint density at radius 2 is 1.86 bits per heavy atom. The maximum atomic E-state index is 13.9. The van der Waals surface area contributed by atoms with Crippen molar-refractivity contribution in [1.29, 1.82) is 0 Å². The van der Waals surface area contributed by atoms with Crippen LogP contribution in [0.2, 0.25) is 0 Å². The van der Waals surface area contributed by atoms with Gasteiger partial charge >= 0.3 is 0 Å². The largest absolute Gasteiger partial charge is 0.381 e. The molecule has 9 atom stereocenters. The molecule has 8 heteroatoms. The van der Waals surface area contributed by atoms with Crippen LogP contribution in [0.25, 0.3) is 0 Å². The summed E-state index contributed by atoms with van der Waals surface area (Å²) in [4.78, 5) is 4.43. The Labute approximate surface area is 211 Å². The average Bonchev–Trinajstić information content (AvgIpc) is 3.25. The summed E-state index contributed by atoms with van der Waals surface area (Å²) in [7, 11) is 3.64. The fourth-order valence-corrected chi connectivity index (χ4v) is 6.94. The molecule has 0 amide bonds. The molecule has 9 unspecified atom stereocenters. The van der Waals surface area contributed by atoms with Gasteiger partial charge in [-0.3, -0.25) is 5.32 Å². The van der Waals surface area contributed by atoms with Crippen molar-refractivity contribution < 1.29 is 13.9 Å². The Morgan fingerprint density at radius 1 is 1.11 bits per heavy atom. The van der Waals surface area contributed by atoms with E-state index < -0.39 is 6.30 Å². The van der Waals surface area contributed by atoms with Gasteiger partial charge in [-0.1, -0.05) is 0 Å². The molecule has 0 spiro atoms. The first kappa shape index (κ1) is 27.0. The molecule has 35 heavy (non-hydrogen) atoms. The van der Waals surface area contributed by atoms with Crippen LogP contribution in [0.1, 0.15) is 64.6 Å². The van der Waals surface area contributed by atoms with Crippen molar-refractivity contribution >= 4 is 0 Å². The standard InChI is InChI=1S/C27H48FN5O2/c1-17(21-12-23(34-4)14-24(13-21)35-5)30-15-22-10-20(16-33-9-8-29-19(33)3)11-26(32-22)25-6-7-27(28)31-18(25)2/h8-9,17-18,20-27,30-32H,6-7,10-16H2,1-5H3. The maximum Gasteiger partial charge on any atom is 0.151 e. The van der Waals surface area contributed by atoms with Gasteiger partial charge in [0.05, 0.1) is 12.2 Å². The van der Waals surface area contributed by atoms with E-state index in [1.165, 1.54) is 0 Å². The number of aryl methyl sites for hydroxylation is 1. The summed E-state index contributed by atoms with van der Waals surface area (Å²) in [6.07, 6.45) is 10.7. The highest BCUT2D eigenvalue weighted by Crippen LogP contribution is 2.33. The summed E-state index contributed by atoms with van der Waals surface area (Å²) in [5.41, 5.74) is 0. The van der Waals surface area contributed by atoms with Gasteiger partial charge in [0, 0.05) is 63.9 Å². The number of hydrogen-bond acceptors (Lipinski definition) is 6. The topological polar surface area (TPSA) is 72.4 Å². The van der Waals surface area contributed by atoms with Gasteiger partial charge in [0.1, 0.15) is 5.82 Å². The summed E-state index contributed by atoms with van der Waals surface area (Å²) < 4.78 is 27.7. The Balaban J connectivity index is 1.38. The predicted octanol–water partition coefficient (Wildman–Crippen LogP) is 3.42. The first-order chi connectivity index (χ1) is 16.9. The smallest absolute Gasteiger partial charge is 0.151 e. The van der Waals surface area contributed by atoms with Crippen LogP contribution in [0.3, 0.4) is 0 Å². The second kappa shape index (κ2) is 12.5. The predicted molar refractivity (Wildman–Crippen MR) is 137 cm³/mol. The normalized spacial score (nSPS) is 39.4. The van der Waals surface area contributed by atoms with Crippen LogP contribution in [0.4, 0.5) is 4.39 Å². The summed E-state index contributed by atoms with van der Waals surface area (Å²) in [5.74, 6) is 2.66. The van der Waals surface area contributed by atoms with Crippen molar-refractivity contribution in [3.8, 4) is 0 Å². The minimum absolute atomic E-state index is 0.191. The molecule has 1 aromatic heterocycles. The molecule has 3 aliphatic rings. The van der Waals surface area contributed by atoms with E-state index in [9.17, 15) is 4.39 Å². The van der Waals surface area contributed by atoms with Crippen molar-refractivity contribution in [3.05, 3.63) is 18.2 Å². The highest BCUT2D eigenvalue weighted by Gasteiger charge is 2.38. The van der Waals surface area contributed by atoms with Gasteiger partial charge in [-0.05, 0) is 83.5 Å². The van der Waals surface area contributed by atoms with Crippen LogP contribution in [0, 0.1) is 24.7 Å². The van der Waals surface area contributed by atoms with E-state index >= 15 is 0 Å². The average molecular weight is 494 g/mol. The number of nitrogens with one attached hydrogen (secondary N) is 3. The molecule has 1 aliphatic carbocycles. The third-order valence-electron chi connectivity index (χ3n) is 9.11. The molecule has 1 saturated carbocycles. The van der Waals surface area contributed by atoms with Gasteiger partial charge in [0.2, 0.25) is 0 Å². The molecule has 4 rings (SSSR count). The number of rotatable bonds is 9. The fourth-order valence-electron chi connectivity index (χ4n) is 6.94. The number of alkyl halides is 1. The Kier molecular flexibility index (Phi) is 9.60. The molecule has 3 fully saturated rings. The first-order valence-corrected chi connectivity index (χ1v) is 13.8. The van der Waals surface area contributed by atoms with Crippen molar-refractivity contribution in [3.63, 3.8) is 0 Å². The van der Waals surface area contributed by atoms with Gasteiger partial charge in [-0.15, -0.1) is 0 Å². The van der Waals surface area contributed by atoms with Crippen LogP contribution in [0.5, 0.6) is 0 Å². The van der Waals surface area contributed by atoms with Gasteiger partial charge in [0.15, 0.2) is 6.30 Å². The number of aromatic nitrogens is 2.